The summed E-state index contributed by atoms with van der Waals surface area (Å²) in [6, 6.07) is 5.01. The Labute approximate surface area is 196 Å². The molecular weight excluding hydrogens is 452 g/mol. The lowest BCUT2D eigenvalue weighted by Crippen LogP contribution is -2.33. The highest BCUT2D eigenvalue weighted by Crippen LogP contribution is 2.31. The molecule has 2 aliphatic rings. The second-order valence-electron chi connectivity index (χ2n) is 6.86. The molecule has 0 aromatic heterocycles. The van der Waals surface area contributed by atoms with Crippen molar-refractivity contribution in [2.45, 2.75) is 26.2 Å². The number of methoxy groups -OCH3 is 1. The summed E-state index contributed by atoms with van der Waals surface area (Å²) in [5.74, 6) is -1.30. The number of carbonyl (C=O) groups is 3. The van der Waals surface area contributed by atoms with Crippen molar-refractivity contribution in [1.82, 2.24) is 10.2 Å². The number of carbonyl (C=O) groups excluding carboxylic acids is 2. The number of aliphatic carboxylic acids is 1. The van der Waals surface area contributed by atoms with E-state index in [2.05, 4.69) is 5.32 Å². The largest absolute Gasteiger partial charge is 0.493 e. The zero-order chi connectivity index (χ0) is 23.5. The molecule has 10 heteroatoms. The Balaban J connectivity index is 0.000000520. The molecule has 0 spiro atoms. The van der Waals surface area contributed by atoms with E-state index < -0.39 is 24.4 Å². The Bertz CT molecular complexity index is 913. The van der Waals surface area contributed by atoms with Crippen LogP contribution in [0.5, 0.6) is 11.5 Å². The predicted octanol–water partition coefficient (Wildman–Crippen LogP) is 3.22. The second-order valence-corrected chi connectivity index (χ2v) is 8.53. The Morgan fingerprint density at radius 2 is 1.97 bits per heavy atom. The molecule has 2 aliphatic heterocycles. The molecule has 2 N–H and O–H groups in total. The van der Waals surface area contributed by atoms with E-state index in [1.165, 1.54) is 46.4 Å². The molecule has 2 heterocycles. The molecule has 1 aromatic carbocycles. The van der Waals surface area contributed by atoms with Gasteiger partial charge in [0.15, 0.2) is 11.5 Å². The van der Waals surface area contributed by atoms with Gasteiger partial charge < -0.3 is 19.9 Å². The van der Waals surface area contributed by atoms with Crippen molar-refractivity contribution in [3.63, 3.8) is 0 Å². The van der Waals surface area contributed by atoms with Gasteiger partial charge in [0.2, 0.25) is 0 Å². The third-order valence-corrected chi connectivity index (χ3v) is 5.75. The molecule has 0 aliphatic carbocycles. The van der Waals surface area contributed by atoms with Crippen LogP contribution in [0.2, 0.25) is 0 Å². The maximum Gasteiger partial charge on any atom is 0.323 e. The van der Waals surface area contributed by atoms with Crippen molar-refractivity contribution < 1.29 is 29.0 Å². The first-order valence-electron chi connectivity index (χ1n) is 10.0. The average molecular weight is 479 g/mol. The second kappa shape index (κ2) is 13.0. The van der Waals surface area contributed by atoms with Crippen molar-refractivity contribution in [2.24, 2.45) is 0 Å². The van der Waals surface area contributed by atoms with Gasteiger partial charge in [0.25, 0.3) is 5.91 Å². The summed E-state index contributed by atoms with van der Waals surface area (Å²) < 4.78 is 10.4. The van der Waals surface area contributed by atoms with Gasteiger partial charge >= 0.3 is 11.9 Å². The van der Waals surface area contributed by atoms with Crippen molar-refractivity contribution in [3.05, 3.63) is 40.8 Å². The molecule has 172 valence electrons. The number of carboxylic acids is 1. The minimum Gasteiger partial charge on any atom is -0.493 e. The number of allylic oxidation sites excluding steroid dienone is 2. The summed E-state index contributed by atoms with van der Waals surface area (Å²) in [5.41, 5.74) is 0.759. The molecule has 2 saturated heterocycles. The van der Waals surface area contributed by atoms with Crippen molar-refractivity contribution >= 4 is 52.2 Å². The Morgan fingerprint density at radius 3 is 2.50 bits per heavy atom. The van der Waals surface area contributed by atoms with Crippen LogP contribution in [-0.4, -0.2) is 58.9 Å². The van der Waals surface area contributed by atoms with E-state index in [1.807, 2.05) is 0 Å². The summed E-state index contributed by atoms with van der Waals surface area (Å²) in [7, 11) is 1.46. The zero-order valence-corrected chi connectivity index (χ0v) is 19.6. The Morgan fingerprint density at radius 1 is 1.25 bits per heavy atom. The monoisotopic (exact) mass is 478 g/mol. The highest BCUT2D eigenvalue weighted by atomic mass is 32.2. The number of hydrogen-bond acceptors (Lipinski definition) is 8. The van der Waals surface area contributed by atoms with Gasteiger partial charge in [-0.25, -0.2) is 0 Å². The fourth-order valence-electron chi connectivity index (χ4n) is 2.86. The van der Waals surface area contributed by atoms with E-state index in [0.717, 1.165) is 22.2 Å². The molecule has 8 nitrogen and oxygen atoms in total. The molecule has 32 heavy (non-hydrogen) atoms. The number of esters is 1. The van der Waals surface area contributed by atoms with Crippen LogP contribution in [0.3, 0.4) is 0 Å². The maximum absolute atomic E-state index is 12.1. The van der Waals surface area contributed by atoms with E-state index in [-0.39, 0.29) is 4.32 Å². The number of thioether (sulfide) groups is 1. The lowest BCUT2D eigenvalue weighted by atomic mass is 10.2. The van der Waals surface area contributed by atoms with Gasteiger partial charge in [-0.2, -0.15) is 0 Å². The number of ether oxygens (including phenoxy) is 2. The van der Waals surface area contributed by atoms with Gasteiger partial charge in [-0.1, -0.05) is 48.6 Å². The zero-order valence-electron chi connectivity index (χ0n) is 18.0. The van der Waals surface area contributed by atoms with Crippen LogP contribution in [0.1, 0.15) is 31.7 Å². The Hall–Kier alpha value is -2.69. The SMILES string of the molecule is C1CCNCC1.COc1cc(C=CC=C2SC(=S)N(CC(=O)O)C2=O)ccc1OC(C)=O. The first-order valence-corrected chi connectivity index (χ1v) is 11.2. The standard InChI is InChI=1S/C17H15NO6S2.C5H11N/c1-10(19)24-12-7-6-11(8-13(12)23-2)4-3-5-14-16(22)18(9-15(20)21)17(25)26-14;1-2-4-6-5-3-1/h3-8H,9H2,1-2H3,(H,20,21);6H,1-5H2. The summed E-state index contributed by atoms with van der Waals surface area (Å²) in [6.07, 6.45) is 9.15. The summed E-state index contributed by atoms with van der Waals surface area (Å²) in [5, 5.41) is 12.1. The summed E-state index contributed by atoms with van der Waals surface area (Å²) in [4.78, 5) is 35.3. The fourth-order valence-corrected chi connectivity index (χ4v) is 4.07. The normalized spacial score (nSPS) is 17.3. The quantitative estimate of drug-likeness (QED) is 0.276. The number of rotatable bonds is 6. The van der Waals surface area contributed by atoms with Crippen LogP contribution in [0.15, 0.2) is 35.3 Å². The molecule has 1 amide bonds. The average Bonchev–Trinajstić information content (AvgIpc) is 3.03. The smallest absolute Gasteiger partial charge is 0.323 e. The molecule has 0 radical (unpaired) electrons. The van der Waals surface area contributed by atoms with Crippen molar-refractivity contribution in [2.75, 3.05) is 26.7 Å². The molecular formula is C22H26N2O6S2. The minimum atomic E-state index is -1.13. The van der Waals surface area contributed by atoms with Crippen LogP contribution in [0.25, 0.3) is 6.08 Å². The lowest BCUT2D eigenvalue weighted by molar-refractivity contribution is -0.140. The van der Waals surface area contributed by atoms with Crippen LogP contribution >= 0.6 is 24.0 Å². The first-order chi connectivity index (χ1) is 15.3. The van der Waals surface area contributed by atoms with Crippen molar-refractivity contribution in [1.29, 1.82) is 0 Å². The van der Waals surface area contributed by atoms with E-state index >= 15 is 0 Å². The van der Waals surface area contributed by atoms with E-state index in [1.54, 1.807) is 36.4 Å². The number of hydrogen-bond donors (Lipinski definition) is 2. The number of nitrogens with one attached hydrogen (secondary N) is 1. The predicted molar refractivity (Wildman–Crippen MR) is 128 cm³/mol. The lowest BCUT2D eigenvalue weighted by Gasteiger charge is -2.09. The molecule has 3 rings (SSSR count). The number of piperidine rings is 1. The molecule has 1 aromatic rings. The highest BCUT2D eigenvalue weighted by molar-refractivity contribution is 8.26. The molecule has 2 fully saturated rings. The van der Waals surface area contributed by atoms with Crippen molar-refractivity contribution in [3.8, 4) is 11.5 Å². The Kier molecular flexibility index (Phi) is 10.4. The third-order valence-electron chi connectivity index (χ3n) is 4.35. The highest BCUT2D eigenvalue weighted by Gasteiger charge is 2.32. The minimum absolute atomic E-state index is 0.212. The molecule has 0 bridgehead atoms. The van der Waals surface area contributed by atoms with E-state index in [9.17, 15) is 14.4 Å². The molecule has 0 atom stereocenters. The van der Waals surface area contributed by atoms with Gasteiger partial charge in [-0.15, -0.1) is 0 Å². The van der Waals surface area contributed by atoms with Gasteiger partial charge in [-0.3, -0.25) is 19.3 Å². The number of carboxylic acid groups (broad SMARTS) is 1. The maximum atomic E-state index is 12.1. The van der Waals surface area contributed by atoms with Gasteiger partial charge in [0.05, 0.1) is 12.0 Å². The van der Waals surface area contributed by atoms with E-state index in [4.69, 9.17) is 26.8 Å². The summed E-state index contributed by atoms with van der Waals surface area (Å²) >= 11 is 6.07. The number of thiocarbonyl (C=S) groups is 1. The number of amides is 1. The van der Waals surface area contributed by atoms with Crippen LogP contribution < -0.4 is 14.8 Å². The van der Waals surface area contributed by atoms with E-state index in [0.29, 0.717) is 16.4 Å². The van der Waals surface area contributed by atoms with Crippen LogP contribution in [-0.2, 0) is 14.4 Å². The molecule has 0 unspecified atom stereocenters. The van der Waals surface area contributed by atoms with Gasteiger partial charge in [-0.05, 0) is 49.7 Å². The third kappa shape index (κ3) is 8.10. The van der Waals surface area contributed by atoms with Gasteiger partial charge in [0.1, 0.15) is 10.9 Å². The van der Waals surface area contributed by atoms with Crippen LogP contribution in [0, 0.1) is 0 Å². The number of nitrogens with zero attached hydrogens (tertiary/aromatic N) is 1. The topological polar surface area (TPSA) is 105 Å². The first kappa shape index (κ1) is 25.6. The number of benzene rings is 1. The van der Waals surface area contributed by atoms with Crippen LogP contribution in [0.4, 0.5) is 0 Å². The summed E-state index contributed by atoms with van der Waals surface area (Å²) in [6.45, 7) is 3.34. The fraction of sp³-hybridized carbons (Fsp3) is 0.364. The molecule has 0 saturated carbocycles. The van der Waals surface area contributed by atoms with Gasteiger partial charge in [0, 0.05) is 6.92 Å².